The molecule has 3 aliphatic rings. The maximum Gasteiger partial charge on any atom is 0.0749 e. The van der Waals surface area contributed by atoms with E-state index in [0.29, 0.717) is 12.0 Å². The van der Waals surface area contributed by atoms with E-state index in [1.54, 1.807) is 0 Å². The van der Waals surface area contributed by atoms with Crippen molar-refractivity contribution in [1.82, 2.24) is 4.90 Å². The minimum Gasteiger partial charge on any atom is -0.392 e. The highest BCUT2D eigenvalue weighted by Gasteiger charge is 2.50. The minimum atomic E-state index is -0.422. The number of rotatable bonds is 5. The first-order chi connectivity index (χ1) is 12.0. The first kappa shape index (κ1) is 19.1. The summed E-state index contributed by atoms with van der Waals surface area (Å²) in [6.07, 6.45) is 14.1. The Balaban J connectivity index is 1.61. The molecule has 25 heavy (non-hydrogen) atoms. The molecular formula is C22H37NO2. The van der Waals surface area contributed by atoms with Crippen LogP contribution in [0.3, 0.4) is 0 Å². The molecule has 3 fully saturated rings. The van der Waals surface area contributed by atoms with Crippen LogP contribution < -0.4 is 0 Å². The summed E-state index contributed by atoms with van der Waals surface area (Å²) < 4.78 is 0. The van der Waals surface area contributed by atoms with Crippen molar-refractivity contribution in [3.8, 4) is 0 Å². The monoisotopic (exact) mass is 347 g/mol. The van der Waals surface area contributed by atoms with E-state index in [1.165, 1.54) is 44.2 Å². The van der Waals surface area contributed by atoms with Gasteiger partial charge in [-0.2, -0.15) is 0 Å². The van der Waals surface area contributed by atoms with Gasteiger partial charge in [-0.1, -0.05) is 43.6 Å². The van der Waals surface area contributed by atoms with Gasteiger partial charge in [-0.25, -0.2) is 0 Å². The van der Waals surface area contributed by atoms with Crippen LogP contribution in [0.25, 0.3) is 0 Å². The fraction of sp³-hybridized carbons (Fsp3) is 0.818. The molecule has 2 heterocycles. The van der Waals surface area contributed by atoms with Gasteiger partial charge in [0, 0.05) is 18.0 Å². The number of fused-ring (bicyclic) bond motifs is 3. The predicted octanol–water partition coefficient (Wildman–Crippen LogP) is 3.91. The van der Waals surface area contributed by atoms with Crippen molar-refractivity contribution < 1.29 is 10.2 Å². The van der Waals surface area contributed by atoms with Crippen LogP contribution in [-0.4, -0.2) is 45.9 Å². The van der Waals surface area contributed by atoms with E-state index in [9.17, 15) is 10.2 Å². The summed E-state index contributed by atoms with van der Waals surface area (Å²) >= 11 is 0. The molecule has 0 radical (unpaired) electrons. The number of hydrogen-bond donors (Lipinski definition) is 2. The van der Waals surface area contributed by atoms with Crippen molar-refractivity contribution in [3.63, 3.8) is 0 Å². The second kappa shape index (κ2) is 8.37. The lowest BCUT2D eigenvalue weighted by Crippen LogP contribution is -2.36. The number of nitrogens with zero attached hydrogens (tertiary/aromatic N) is 1. The molecule has 142 valence electrons. The van der Waals surface area contributed by atoms with Gasteiger partial charge in [-0.05, 0) is 64.3 Å². The lowest BCUT2D eigenvalue weighted by atomic mass is 9.88. The molecule has 2 saturated heterocycles. The number of allylic oxidation sites excluding steroid dienone is 2. The number of aliphatic hydroxyl groups excluding tert-OH is 2. The molecule has 3 heteroatoms. The average Bonchev–Trinajstić information content (AvgIpc) is 2.94. The van der Waals surface area contributed by atoms with Gasteiger partial charge in [-0.15, -0.1) is 0 Å². The van der Waals surface area contributed by atoms with Crippen LogP contribution in [0, 0.1) is 17.8 Å². The van der Waals surface area contributed by atoms with Crippen LogP contribution in [0.5, 0.6) is 0 Å². The quantitative estimate of drug-likeness (QED) is 0.741. The summed E-state index contributed by atoms with van der Waals surface area (Å²) in [6.45, 7) is 7.52. The Morgan fingerprint density at radius 3 is 2.76 bits per heavy atom. The van der Waals surface area contributed by atoms with Gasteiger partial charge in [-0.3, -0.25) is 4.90 Å². The summed E-state index contributed by atoms with van der Waals surface area (Å²) in [6, 6.07) is 1.30. The predicted molar refractivity (Wildman–Crippen MR) is 103 cm³/mol. The molecule has 1 aliphatic carbocycles. The smallest absolute Gasteiger partial charge is 0.0749 e. The van der Waals surface area contributed by atoms with Crippen LogP contribution in [0.4, 0.5) is 0 Å². The Bertz CT molecular complexity index is 496. The van der Waals surface area contributed by atoms with Gasteiger partial charge in [0.1, 0.15) is 0 Å². The highest BCUT2D eigenvalue weighted by atomic mass is 16.3. The van der Waals surface area contributed by atoms with E-state index in [0.717, 1.165) is 18.9 Å². The van der Waals surface area contributed by atoms with Crippen molar-refractivity contribution in [1.29, 1.82) is 0 Å². The van der Waals surface area contributed by atoms with E-state index >= 15 is 0 Å². The van der Waals surface area contributed by atoms with Crippen LogP contribution >= 0.6 is 0 Å². The largest absolute Gasteiger partial charge is 0.392 e. The van der Waals surface area contributed by atoms with Gasteiger partial charge in [0.2, 0.25) is 0 Å². The van der Waals surface area contributed by atoms with Crippen molar-refractivity contribution in [3.05, 3.63) is 23.8 Å². The Morgan fingerprint density at radius 1 is 1.20 bits per heavy atom. The maximum atomic E-state index is 10.6. The first-order valence-corrected chi connectivity index (χ1v) is 10.4. The first-order valence-electron chi connectivity index (χ1n) is 10.4. The summed E-state index contributed by atoms with van der Waals surface area (Å²) in [4.78, 5) is 2.71. The molecule has 3 nitrogen and oxygen atoms in total. The molecule has 3 rings (SSSR count). The van der Waals surface area contributed by atoms with Crippen LogP contribution in [0.2, 0.25) is 0 Å². The fourth-order valence-electron chi connectivity index (χ4n) is 5.28. The minimum absolute atomic E-state index is 0.221. The third-order valence-corrected chi connectivity index (χ3v) is 6.82. The van der Waals surface area contributed by atoms with Crippen molar-refractivity contribution in [2.75, 3.05) is 6.54 Å². The summed E-state index contributed by atoms with van der Waals surface area (Å²) in [7, 11) is 0. The molecule has 0 spiro atoms. The van der Waals surface area contributed by atoms with Crippen molar-refractivity contribution in [2.45, 2.75) is 90.0 Å². The number of aliphatic hydroxyl groups is 2. The Kier molecular flexibility index (Phi) is 6.40. The van der Waals surface area contributed by atoms with Gasteiger partial charge >= 0.3 is 0 Å². The van der Waals surface area contributed by atoms with Gasteiger partial charge < -0.3 is 10.2 Å². The third-order valence-electron chi connectivity index (χ3n) is 6.82. The third kappa shape index (κ3) is 4.37. The van der Waals surface area contributed by atoms with Crippen molar-refractivity contribution in [2.24, 2.45) is 17.8 Å². The highest BCUT2D eigenvalue weighted by Crippen LogP contribution is 2.47. The van der Waals surface area contributed by atoms with E-state index in [1.807, 2.05) is 6.08 Å². The van der Waals surface area contributed by atoms with Gasteiger partial charge in [0.25, 0.3) is 0 Å². The van der Waals surface area contributed by atoms with Crippen LogP contribution in [0.15, 0.2) is 23.8 Å². The summed E-state index contributed by atoms with van der Waals surface area (Å²) in [5, 5.41) is 21.1. The summed E-state index contributed by atoms with van der Waals surface area (Å²) in [5.74, 6) is 1.02. The van der Waals surface area contributed by atoms with Gasteiger partial charge in [0.15, 0.2) is 0 Å². The lowest BCUT2D eigenvalue weighted by Gasteiger charge is -2.27. The molecule has 2 N–H and O–H groups in total. The standard InChI is InChI=1S/C22H37NO2/c1-15(2)8-9-16(3)21(24)11-10-18-19-13-17-7-5-4-6-12-23(17)20(19)14-22(18)25/h8,10-11,16-22,24-25H,4-7,9,12-14H2,1-3H3/b11-10+/t16?,17?,18-,19-,20?,21-,22-/m1/s1. The second-order valence-electron chi connectivity index (χ2n) is 8.96. The average molecular weight is 348 g/mol. The van der Waals surface area contributed by atoms with Crippen LogP contribution in [-0.2, 0) is 0 Å². The maximum absolute atomic E-state index is 10.6. The molecule has 3 unspecified atom stereocenters. The normalized spacial score (nSPS) is 38.2. The molecular weight excluding hydrogens is 310 g/mol. The molecule has 0 amide bonds. The van der Waals surface area contributed by atoms with E-state index in [4.69, 9.17) is 0 Å². The van der Waals surface area contributed by atoms with Crippen molar-refractivity contribution >= 4 is 0 Å². The van der Waals surface area contributed by atoms with E-state index < -0.39 is 6.10 Å². The van der Waals surface area contributed by atoms with E-state index in [-0.39, 0.29) is 17.9 Å². The molecule has 0 aromatic heterocycles. The zero-order chi connectivity index (χ0) is 18.0. The highest BCUT2D eigenvalue weighted by molar-refractivity contribution is 5.11. The molecule has 0 aromatic rings. The Labute approximate surface area is 153 Å². The number of hydrogen-bond acceptors (Lipinski definition) is 3. The Morgan fingerprint density at radius 2 is 2.00 bits per heavy atom. The zero-order valence-corrected chi connectivity index (χ0v) is 16.3. The topological polar surface area (TPSA) is 43.7 Å². The molecule has 0 aromatic carbocycles. The fourth-order valence-corrected chi connectivity index (χ4v) is 5.28. The lowest BCUT2D eigenvalue weighted by molar-refractivity contribution is 0.119. The second-order valence-corrected chi connectivity index (χ2v) is 8.96. The van der Waals surface area contributed by atoms with Gasteiger partial charge in [0.05, 0.1) is 12.2 Å². The molecule has 7 atom stereocenters. The molecule has 0 bridgehead atoms. The Hall–Kier alpha value is -0.640. The summed E-state index contributed by atoms with van der Waals surface area (Å²) in [5.41, 5.74) is 1.30. The molecule has 2 aliphatic heterocycles. The zero-order valence-electron chi connectivity index (χ0n) is 16.3. The SMILES string of the molecule is CC(C)=CCC(C)[C@H](O)/C=C/[C@H]1[C@H](O)CC2[C@@H]1CC1CCCCCN12. The van der Waals surface area contributed by atoms with E-state index in [2.05, 4.69) is 37.8 Å². The molecule has 1 saturated carbocycles. The van der Waals surface area contributed by atoms with Crippen LogP contribution in [0.1, 0.15) is 65.7 Å².